The zero-order chi connectivity index (χ0) is 15.1. The molecule has 2 saturated heterocycles. The van der Waals surface area contributed by atoms with E-state index in [-0.39, 0.29) is 0 Å². The summed E-state index contributed by atoms with van der Waals surface area (Å²) in [7, 11) is 1.90. The van der Waals surface area contributed by atoms with Gasteiger partial charge in [-0.05, 0) is 29.2 Å². The molecule has 8 nitrogen and oxygen atoms in total. The van der Waals surface area contributed by atoms with Crippen LogP contribution >= 0.6 is 23.1 Å². The lowest BCUT2D eigenvalue weighted by Crippen LogP contribution is -2.46. The van der Waals surface area contributed by atoms with E-state index < -0.39 is 0 Å². The average Bonchev–Trinajstić information content (AvgIpc) is 3.20. The number of tetrazole rings is 1. The van der Waals surface area contributed by atoms with Crippen LogP contribution in [0.3, 0.4) is 0 Å². The van der Waals surface area contributed by atoms with Gasteiger partial charge in [-0.15, -0.1) is 5.10 Å². The number of fused-ring (bicyclic) bond motifs is 1. The quantitative estimate of drug-likeness (QED) is 0.818. The molecule has 0 aromatic carbocycles. The zero-order valence-electron chi connectivity index (χ0n) is 12.3. The highest BCUT2D eigenvalue weighted by Gasteiger charge is 2.40. The molecule has 0 aliphatic carbocycles. The van der Waals surface area contributed by atoms with Crippen LogP contribution in [0, 0.1) is 5.92 Å². The van der Waals surface area contributed by atoms with Gasteiger partial charge in [0.05, 0.1) is 0 Å². The standard InChI is InChI=1S/C12H17ClN8S/c1-19-12(15-16-17-19)21-4-2-3-8-5-20(7-10(8)21)6-9-11(13)22-18-14-9/h8,10H,2-7H2,1H3/t8-,10+/m1/s1. The second kappa shape index (κ2) is 5.71. The molecule has 22 heavy (non-hydrogen) atoms. The SMILES string of the molecule is Cn1nnnc1N1CCC[C@@H]2CN(Cc3nnsc3Cl)C[C@@H]21. The molecule has 0 unspecified atom stereocenters. The topological polar surface area (TPSA) is 75.9 Å². The molecule has 2 fully saturated rings. The maximum atomic E-state index is 6.13. The summed E-state index contributed by atoms with van der Waals surface area (Å²) in [6.07, 6.45) is 2.44. The van der Waals surface area contributed by atoms with E-state index in [0.29, 0.717) is 16.3 Å². The van der Waals surface area contributed by atoms with Crippen molar-refractivity contribution in [3.63, 3.8) is 0 Å². The lowest BCUT2D eigenvalue weighted by molar-refractivity contribution is 0.309. The molecule has 4 heterocycles. The highest BCUT2D eigenvalue weighted by Crippen LogP contribution is 2.33. The largest absolute Gasteiger partial charge is 0.335 e. The second-order valence-electron chi connectivity index (χ2n) is 5.95. The van der Waals surface area contributed by atoms with Gasteiger partial charge in [0, 0.05) is 50.8 Å². The van der Waals surface area contributed by atoms with Crippen molar-refractivity contribution in [2.45, 2.75) is 25.4 Å². The first kappa shape index (κ1) is 14.3. The minimum atomic E-state index is 0.462. The molecule has 118 valence electrons. The van der Waals surface area contributed by atoms with Gasteiger partial charge in [0.1, 0.15) is 10.0 Å². The number of hydrogen-bond acceptors (Lipinski definition) is 8. The van der Waals surface area contributed by atoms with E-state index in [9.17, 15) is 0 Å². The van der Waals surface area contributed by atoms with E-state index >= 15 is 0 Å². The Bertz CT molecular complexity index is 657. The summed E-state index contributed by atoms with van der Waals surface area (Å²) >= 11 is 7.38. The second-order valence-corrected chi connectivity index (χ2v) is 7.31. The van der Waals surface area contributed by atoms with E-state index in [2.05, 4.69) is 34.9 Å². The molecular weight excluding hydrogens is 324 g/mol. The van der Waals surface area contributed by atoms with E-state index in [4.69, 9.17) is 11.6 Å². The van der Waals surface area contributed by atoms with Crippen LogP contribution in [0.5, 0.6) is 0 Å². The Morgan fingerprint density at radius 2 is 2.23 bits per heavy atom. The molecule has 0 amide bonds. The number of piperidine rings is 1. The molecule has 0 bridgehead atoms. The smallest absolute Gasteiger partial charge is 0.245 e. The first-order valence-corrected chi connectivity index (χ1v) is 8.55. The van der Waals surface area contributed by atoms with Crippen molar-refractivity contribution in [2.75, 3.05) is 24.5 Å². The van der Waals surface area contributed by atoms with Gasteiger partial charge in [-0.25, -0.2) is 4.68 Å². The molecule has 0 radical (unpaired) electrons. The number of nitrogens with zero attached hydrogens (tertiary/aromatic N) is 8. The molecule has 2 atom stereocenters. The first-order valence-electron chi connectivity index (χ1n) is 7.40. The number of anilines is 1. The molecule has 0 N–H and O–H groups in total. The van der Waals surface area contributed by atoms with Gasteiger partial charge in [0.15, 0.2) is 0 Å². The molecule has 2 aliphatic heterocycles. The molecule has 2 aromatic rings. The highest BCUT2D eigenvalue weighted by atomic mass is 35.5. The maximum Gasteiger partial charge on any atom is 0.245 e. The molecule has 0 spiro atoms. The molecule has 10 heteroatoms. The number of halogens is 1. The highest BCUT2D eigenvalue weighted by molar-refractivity contribution is 7.10. The van der Waals surface area contributed by atoms with Gasteiger partial charge in [-0.2, -0.15) is 0 Å². The monoisotopic (exact) mass is 340 g/mol. The lowest BCUT2D eigenvalue weighted by Gasteiger charge is -2.36. The fraction of sp³-hybridized carbons (Fsp3) is 0.750. The average molecular weight is 341 g/mol. The number of aryl methyl sites for hydroxylation is 1. The van der Waals surface area contributed by atoms with Crippen LogP contribution in [0.2, 0.25) is 4.34 Å². The summed E-state index contributed by atoms with van der Waals surface area (Å²) < 4.78 is 6.37. The molecular formula is C12H17ClN8S. The third kappa shape index (κ3) is 2.46. The van der Waals surface area contributed by atoms with Crippen LogP contribution in [-0.2, 0) is 13.6 Å². The number of likely N-dealkylation sites (tertiary alicyclic amines) is 1. The summed E-state index contributed by atoms with van der Waals surface area (Å²) in [6.45, 7) is 3.85. The molecule has 4 rings (SSSR count). The molecule has 2 aliphatic rings. The fourth-order valence-electron chi connectivity index (χ4n) is 3.62. The Kier molecular flexibility index (Phi) is 3.71. The Morgan fingerprint density at radius 1 is 1.32 bits per heavy atom. The lowest BCUT2D eigenvalue weighted by atomic mass is 9.92. The molecule has 0 saturated carbocycles. The summed E-state index contributed by atoms with van der Waals surface area (Å²) in [5, 5.41) is 16.0. The number of aromatic nitrogens is 6. The van der Waals surface area contributed by atoms with Gasteiger partial charge in [-0.1, -0.05) is 21.2 Å². The van der Waals surface area contributed by atoms with Gasteiger partial charge in [-0.3, -0.25) is 4.90 Å². The van der Waals surface area contributed by atoms with Gasteiger partial charge in [0.25, 0.3) is 0 Å². The zero-order valence-corrected chi connectivity index (χ0v) is 13.8. The van der Waals surface area contributed by atoms with Crippen LogP contribution in [0.4, 0.5) is 5.95 Å². The first-order chi connectivity index (χ1) is 10.7. The normalized spacial score (nSPS) is 25.6. The van der Waals surface area contributed by atoms with Gasteiger partial charge in [0.2, 0.25) is 5.95 Å². The van der Waals surface area contributed by atoms with Gasteiger partial charge < -0.3 is 4.90 Å². The van der Waals surface area contributed by atoms with Gasteiger partial charge >= 0.3 is 0 Å². The van der Waals surface area contributed by atoms with E-state index in [1.807, 2.05) is 7.05 Å². The minimum Gasteiger partial charge on any atom is -0.335 e. The Morgan fingerprint density at radius 3 is 2.95 bits per heavy atom. The Hall–Kier alpha value is -1.32. The Balaban J connectivity index is 1.51. The van der Waals surface area contributed by atoms with Crippen LogP contribution in [-0.4, -0.2) is 60.4 Å². The predicted octanol–water partition coefficient (Wildman–Crippen LogP) is 0.816. The van der Waals surface area contributed by atoms with Crippen LogP contribution in [0.15, 0.2) is 0 Å². The maximum absolute atomic E-state index is 6.13. The van der Waals surface area contributed by atoms with Crippen LogP contribution in [0.1, 0.15) is 18.5 Å². The van der Waals surface area contributed by atoms with Crippen molar-refractivity contribution in [3.05, 3.63) is 10.0 Å². The third-order valence-electron chi connectivity index (χ3n) is 4.59. The molecule has 2 aromatic heterocycles. The minimum absolute atomic E-state index is 0.462. The fourth-order valence-corrected chi connectivity index (χ4v) is 4.23. The number of hydrogen-bond donors (Lipinski definition) is 0. The summed E-state index contributed by atoms with van der Waals surface area (Å²) in [5.74, 6) is 1.51. The van der Waals surface area contributed by atoms with Crippen molar-refractivity contribution < 1.29 is 0 Å². The van der Waals surface area contributed by atoms with Crippen LogP contribution in [0.25, 0.3) is 0 Å². The van der Waals surface area contributed by atoms with Crippen molar-refractivity contribution in [2.24, 2.45) is 13.0 Å². The summed E-state index contributed by atoms with van der Waals surface area (Å²) in [4.78, 5) is 4.77. The van der Waals surface area contributed by atoms with Crippen LogP contribution < -0.4 is 4.90 Å². The summed E-state index contributed by atoms with van der Waals surface area (Å²) in [5.41, 5.74) is 0.886. The van der Waals surface area contributed by atoms with Crippen molar-refractivity contribution in [3.8, 4) is 0 Å². The van der Waals surface area contributed by atoms with E-state index in [1.54, 1.807) is 4.68 Å². The predicted molar refractivity (Wildman–Crippen MR) is 82.9 cm³/mol. The van der Waals surface area contributed by atoms with Crippen molar-refractivity contribution in [1.82, 2.24) is 34.7 Å². The van der Waals surface area contributed by atoms with E-state index in [1.165, 1.54) is 24.4 Å². The Labute approximate surface area is 137 Å². The third-order valence-corrected chi connectivity index (χ3v) is 5.58. The summed E-state index contributed by atoms with van der Waals surface area (Å²) in [6, 6.07) is 0.462. The van der Waals surface area contributed by atoms with Crippen molar-refractivity contribution in [1.29, 1.82) is 0 Å². The van der Waals surface area contributed by atoms with Crippen molar-refractivity contribution >= 4 is 29.1 Å². The van der Waals surface area contributed by atoms with E-state index in [0.717, 1.165) is 37.8 Å². The number of rotatable bonds is 3.